The minimum absolute atomic E-state index is 0.0106. The molecule has 0 amide bonds. The van der Waals surface area contributed by atoms with Crippen molar-refractivity contribution in [3.63, 3.8) is 0 Å². The number of likely N-dealkylation sites (N-methyl/N-ethyl adjacent to an activating group) is 1. The maximum Gasteiger partial charge on any atom is 0.357 e. The molecule has 1 heterocycles. The van der Waals surface area contributed by atoms with E-state index in [2.05, 4.69) is 24.7 Å². The zero-order valence-corrected chi connectivity index (χ0v) is 17.5. The van der Waals surface area contributed by atoms with Crippen LogP contribution in [-0.2, 0) is 0 Å². The Morgan fingerprint density at radius 1 is 1.27 bits per heavy atom. The van der Waals surface area contributed by atoms with Crippen LogP contribution in [0.1, 0.15) is 16.1 Å². The van der Waals surface area contributed by atoms with Gasteiger partial charge in [-0.05, 0) is 39.2 Å². The molecule has 0 aliphatic rings. The van der Waals surface area contributed by atoms with E-state index in [0.29, 0.717) is 29.9 Å². The number of ether oxygens (including phenoxy) is 1. The van der Waals surface area contributed by atoms with Gasteiger partial charge in [-0.2, -0.15) is 0 Å². The fourth-order valence-electron chi connectivity index (χ4n) is 2.51. The average Bonchev–Trinajstić information content (AvgIpc) is 2.88. The van der Waals surface area contributed by atoms with E-state index in [9.17, 15) is 9.90 Å². The molecule has 1 aromatic carbocycles. The number of aryl methyl sites for hydroxylation is 1. The van der Waals surface area contributed by atoms with Crippen LogP contribution in [0.15, 0.2) is 12.1 Å². The van der Waals surface area contributed by atoms with Gasteiger partial charge >= 0.3 is 5.97 Å². The quantitative estimate of drug-likeness (QED) is 0.675. The number of aromatic nitrogens is 2. The first-order chi connectivity index (χ1) is 12.1. The standard InChI is InChI=1S/C18H29N3O4Si/c1-13-15(24-10-9-20(2)3)8-7-14-16(13)17(18(22)23)19-21(14)25-11-12-26(4,5)6/h7-8H,9-12H2,1-6H3,(H,22,23). The van der Waals surface area contributed by atoms with Crippen LogP contribution in [0.25, 0.3) is 10.9 Å². The van der Waals surface area contributed by atoms with Crippen molar-refractivity contribution in [3.05, 3.63) is 23.4 Å². The molecule has 1 N–H and O–H groups in total. The van der Waals surface area contributed by atoms with E-state index >= 15 is 0 Å². The van der Waals surface area contributed by atoms with E-state index in [0.717, 1.165) is 18.2 Å². The van der Waals surface area contributed by atoms with Gasteiger partial charge < -0.3 is 19.6 Å². The van der Waals surface area contributed by atoms with Crippen LogP contribution in [0.2, 0.25) is 25.7 Å². The molecule has 0 spiro atoms. The summed E-state index contributed by atoms with van der Waals surface area (Å²) in [5.41, 5.74) is 1.40. The first-order valence-corrected chi connectivity index (χ1v) is 12.5. The van der Waals surface area contributed by atoms with Crippen LogP contribution in [0.3, 0.4) is 0 Å². The molecular weight excluding hydrogens is 350 g/mol. The molecule has 0 atom stereocenters. The van der Waals surface area contributed by atoms with Crippen molar-refractivity contribution in [2.75, 3.05) is 33.9 Å². The summed E-state index contributed by atoms with van der Waals surface area (Å²) in [5.74, 6) is -0.403. The molecule has 26 heavy (non-hydrogen) atoms. The minimum Gasteiger partial charge on any atom is -0.492 e. The second-order valence-corrected chi connectivity index (χ2v) is 13.5. The summed E-state index contributed by atoms with van der Waals surface area (Å²) in [6.07, 6.45) is 0. The smallest absolute Gasteiger partial charge is 0.357 e. The molecule has 8 heteroatoms. The fourth-order valence-corrected chi connectivity index (χ4v) is 3.22. The maximum atomic E-state index is 11.7. The van der Waals surface area contributed by atoms with E-state index in [-0.39, 0.29) is 5.69 Å². The molecule has 0 bridgehead atoms. The minimum atomic E-state index is -1.24. The maximum absolute atomic E-state index is 11.7. The van der Waals surface area contributed by atoms with Crippen LogP contribution >= 0.6 is 0 Å². The summed E-state index contributed by atoms with van der Waals surface area (Å²) in [5, 5.41) is 14.3. The number of carboxylic acid groups (broad SMARTS) is 1. The second-order valence-electron chi connectivity index (χ2n) is 7.91. The highest BCUT2D eigenvalue weighted by Crippen LogP contribution is 2.30. The Balaban J connectivity index is 2.32. The van der Waals surface area contributed by atoms with E-state index in [1.54, 1.807) is 6.07 Å². The number of hydrogen-bond donors (Lipinski definition) is 1. The van der Waals surface area contributed by atoms with Gasteiger partial charge in [-0.1, -0.05) is 24.5 Å². The van der Waals surface area contributed by atoms with E-state index < -0.39 is 14.0 Å². The lowest BCUT2D eigenvalue weighted by Gasteiger charge is -2.16. The van der Waals surface area contributed by atoms with Crippen LogP contribution in [-0.4, -0.2) is 67.8 Å². The van der Waals surface area contributed by atoms with Crippen molar-refractivity contribution < 1.29 is 19.5 Å². The zero-order chi connectivity index (χ0) is 19.5. The number of nitrogens with zero attached hydrogens (tertiary/aromatic N) is 3. The van der Waals surface area contributed by atoms with Gasteiger partial charge in [-0.3, -0.25) is 0 Å². The molecular formula is C18H29N3O4Si. The van der Waals surface area contributed by atoms with Crippen LogP contribution in [0, 0.1) is 6.92 Å². The summed E-state index contributed by atoms with van der Waals surface area (Å²) in [7, 11) is 2.71. The zero-order valence-electron chi connectivity index (χ0n) is 16.5. The number of hydrogen-bond acceptors (Lipinski definition) is 5. The number of fused-ring (bicyclic) bond motifs is 1. The Hall–Kier alpha value is -2.06. The highest BCUT2D eigenvalue weighted by Gasteiger charge is 2.22. The Bertz CT molecular complexity index is 781. The Labute approximate surface area is 155 Å². The number of rotatable bonds is 9. The average molecular weight is 380 g/mol. The first kappa shape index (κ1) is 20.3. The lowest BCUT2D eigenvalue weighted by atomic mass is 10.1. The number of carbonyl (C=O) groups is 1. The summed E-state index contributed by atoms with van der Waals surface area (Å²) >= 11 is 0. The number of aromatic carboxylic acids is 1. The molecule has 0 saturated carbocycles. The summed E-state index contributed by atoms with van der Waals surface area (Å²) < 4.78 is 5.82. The Morgan fingerprint density at radius 2 is 1.96 bits per heavy atom. The van der Waals surface area contributed by atoms with Gasteiger partial charge in [0, 0.05) is 25.6 Å². The normalized spacial score (nSPS) is 12.0. The topological polar surface area (TPSA) is 76.8 Å². The molecule has 0 aliphatic heterocycles. The molecule has 1 aromatic heterocycles. The molecule has 0 radical (unpaired) electrons. The molecule has 2 rings (SSSR count). The molecule has 144 valence electrons. The third kappa shape index (κ3) is 4.98. The van der Waals surface area contributed by atoms with Gasteiger partial charge in [-0.15, -0.1) is 5.10 Å². The number of carboxylic acids is 1. The predicted molar refractivity (Wildman–Crippen MR) is 105 cm³/mol. The van der Waals surface area contributed by atoms with Crippen molar-refractivity contribution in [1.29, 1.82) is 0 Å². The predicted octanol–water partition coefficient (Wildman–Crippen LogP) is 2.75. The van der Waals surface area contributed by atoms with Crippen LogP contribution < -0.4 is 9.57 Å². The van der Waals surface area contributed by atoms with Gasteiger partial charge in [0.1, 0.15) is 24.5 Å². The van der Waals surface area contributed by atoms with Gasteiger partial charge in [-0.25, -0.2) is 4.79 Å². The van der Waals surface area contributed by atoms with Crippen molar-refractivity contribution in [2.24, 2.45) is 0 Å². The van der Waals surface area contributed by atoms with Crippen molar-refractivity contribution in [2.45, 2.75) is 32.6 Å². The largest absolute Gasteiger partial charge is 0.492 e. The van der Waals surface area contributed by atoms with Gasteiger partial charge in [0.25, 0.3) is 0 Å². The summed E-state index contributed by atoms with van der Waals surface area (Å²) in [4.78, 5) is 20.8. The lowest BCUT2D eigenvalue weighted by Crippen LogP contribution is -2.25. The van der Waals surface area contributed by atoms with E-state index in [4.69, 9.17) is 9.57 Å². The summed E-state index contributed by atoms with van der Waals surface area (Å²) in [6, 6.07) is 4.63. The monoisotopic (exact) mass is 379 g/mol. The highest BCUT2D eigenvalue weighted by atomic mass is 28.3. The first-order valence-electron chi connectivity index (χ1n) is 8.76. The number of benzene rings is 1. The van der Waals surface area contributed by atoms with Crippen LogP contribution in [0.5, 0.6) is 5.75 Å². The molecule has 0 unspecified atom stereocenters. The van der Waals surface area contributed by atoms with Gasteiger partial charge in [0.05, 0.1) is 0 Å². The Morgan fingerprint density at radius 3 is 2.54 bits per heavy atom. The molecule has 0 saturated heterocycles. The third-order valence-corrected chi connectivity index (χ3v) is 5.80. The molecule has 7 nitrogen and oxygen atoms in total. The molecule has 2 aromatic rings. The summed E-state index contributed by atoms with van der Waals surface area (Å²) in [6.45, 7) is 10.5. The lowest BCUT2D eigenvalue weighted by molar-refractivity contribution is 0.0668. The van der Waals surface area contributed by atoms with E-state index in [1.165, 1.54) is 4.85 Å². The van der Waals surface area contributed by atoms with Crippen molar-refractivity contribution >= 4 is 24.9 Å². The van der Waals surface area contributed by atoms with Crippen molar-refractivity contribution in [1.82, 2.24) is 14.8 Å². The molecule has 0 aliphatic carbocycles. The SMILES string of the molecule is Cc1c(OCCN(C)C)ccc2c1c(C(=O)O)nn2OCC[Si](C)(C)C. The fraction of sp³-hybridized carbons (Fsp3) is 0.556. The highest BCUT2D eigenvalue weighted by molar-refractivity contribution is 6.76. The second kappa shape index (κ2) is 8.09. The van der Waals surface area contributed by atoms with Gasteiger partial charge in [0.2, 0.25) is 0 Å². The Kier molecular flexibility index (Phi) is 6.30. The molecule has 0 fully saturated rings. The van der Waals surface area contributed by atoms with Crippen LogP contribution in [0.4, 0.5) is 0 Å². The third-order valence-electron chi connectivity index (χ3n) is 4.09. The van der Waals surface area contributed by atoms with E-state index in [1.807, 2.05) is 32.0 Å². The van der Waals surface area contributed by atoms with Gasteiger partial charge in [0.15, 0.2) is 5.69 Å². The van der Waals surface area contributed by atoms with Crippen molar-refractivity contribution in [3.8, 4) is 5.75 Å².